The van der Waals surface area contributed by atoms with Crippen molar-refractivity contribution in [3.05, 3.63) is 0 Å². The first-order valence-electron chi connectivity index (χ1n) is 10.2. The van der Waals surface area contributed by atoms with Crippen LogP contribution in [0.2, 0.25) is 0 Å². The van der Waals surface area contributed by atoms with Gasteiger partial charge in [-0.25, -0.2) is 0 Å². The fraction of sp³-hybridized carbons (Fsp3) is 1.00. The molecule has 0 aliphatic heterocycles. The second-order valence-corrected chi connectivity index (χ2v) is 6.81. The molecule has 4 heteroatoms. The highest BCUT2D eigenvalue weighted by Gasteiger charge is 2.17. The van der Waals surface area contributed by atoms with Crippen molar-refractivity contribution in [1.29, 1.82) is 0 Å². The van der Waals surface area contributed by atoms with Crippen LogP contribution >= 0.6 is 0 Å². The molecule has 0 aromatic carbocycles. The lowest BCUT2D eigenvalue weighted by atomic mass is 10.0. The highest BCUT2D eigenvalue weighted by atomic mass is 16.6. The Morgan fingerprint density at radius 2 is 1.12 bits per heavy atom. The Morgan fingerprint density at radius 1 is 0.708 bits per heavy atom. The van der Waals surface area contributed by atoms with E-state index in [1.807, 2.05) is 0 Å². The molecule has 0 aromatic rings. The summed E-state index contributed by atoms with van der Waals surface area (Å²) in [5, 5.41) is 18.6. The molecule has 24 heavy (non-hydrogen) atoms. The molecule has 0 amide bonds. The molecule has 4 nitrogen and oxygen atoms in total. The van der Waals surface area contributed by atoms with Gasteiger partial charge in [0, 0.05) is 13.7 Å². The Labute approximate surface area is 149 Å². The molecule has 0 heterocycles. The number of aliphatic hydroxyl groups is 2. The molecule has 146 valence electrons. The Kier molecular flexibility index (Phi) is 19.0. The number of ether oxygens (including phenoxy) is 2. The Morgan fingerprint density at radius 3 is 1.50 bits per heavy atom. The summed E-state index contributed by atoms with van der Waals surface area (Å²) in [6, 6.07) is 0. The van der Waals surface area contributed by atoms with Gasteiger partial charge >= 0.3 is 0 Å². The quantitative estimate of drug-likeness (QED) is 0.260. The maximum atomic E-state index is 9.61. The molecule has 0 rings (SSSR count). The standard InChI is InChI=1S/C20H42O4/c1-3-4-5-6-7-8-9-10-11-12-13-14-15-16-17-24-20(22)19(18-21)23-2/h19-22H,3-18H2,1-2H3/t19-,20?/m0/s1. The van der Waals surface area contributed by atoms with Crippen LogP contribution in [0.25, 0.3) is 0 Å². The van der Waals surface area contributed by atoms with E-state index in [0.717, 1.165) is 12.8 Å². The van der Waals surface area contributed by atoms with Gasteiger partial charge in [0.2, 0.25) is 0 Å². The van der Waals surface area contributed by atoms with E-state index < -0.39 is 12.4 Å². The molecule has 0 fully saturated rings. The molecular formula is C20H42O4. The van der Waals surface area contributed by atoms with E-state index in [1.54, 1.807) is 0 Å². The third kappa shape index (κ3) is 15.4. The van der Waals surface area contributed by atoms with Gasteiger partial charge in [-0.2, -0.15) is 0 Å². The highest BCUT2D eigenvalue weighted by Crippen LogP contribution is 2.13. The first kappa shape index (κ1) is 23.8. The predicted molar refractivity (Wildman–Crippen MR) is 100 cm³/mol. The lowest BCUT2D eigenvalue weighted by molar-refractivity contribution is -0.180. The van der Waals surface area contributed by atoms with Crippen molar-refractivity contribution in [2.24, 2.45) is 0 Å². The second kappa shape index (κ2) is 19.2. The molecule has 0 aliphatic carbocycles. The molecule has 0 spiro atoms. The molecule has 0 aromatic heterocycles. The van der Waals surface area contributed by atoms with E-state index in [4.69, 9.17) is 14.6 Å². The van der Waals surface area contributed by atoms with Crippen molar-refractivity contribution in [3.8, 4) is 0 Å². The molecule has 0 radical (unpaired) electrons. The van der Waals surface area contributed by atoms with Crippen LogP contribution in [-0.2, 0) is 9.47 Å². The topological polar surface area (TPSA) is 58.9 Å². The van der Waals surface area contributed by atoms with E-state index in [-0.39, 0.29) is 6.61 Å². The summed E-state index contributed by atoms with van der Waals surface area (Å²) in [5.74, 6) is 0. The summed E-state index contributed by atoms with van der Waals surface area (Å²) in [7, 11) is 1.46. The molecule has 2 atom stereocenters. The molecule has 0 saturated heterocycles. The average molecular weight is 347 g/mol. The number of hydrogen-bond donors (Lipinski definition) is 2. The summed E-state index contributed by atoms with van der Waals surface area (Å²) < 4.78 is 10.2. The molecule has 0 saturated carbocycles. The third-order valence-corrected chi connectivity index (χ3v) is 4.59. The molecule has 2 N–H and O–H groups in total. The molecule has 1 unspecified atom stereocenters. The number of unbranched alkanes of at least 4 members (excludes halogenated alkanes) is 13. The SMILES string of the molecule is CCCCCCCCCCCCCCCCOC(O)[C@H](CO)OC. The van der Waals surface area contributed by atoms with Crippen molar-refractivity contribution >= 4 is 0 Å². The second-order valence-electron chi connectivity index (χ2n) is 6.81. The third-order valence-electron chi connectivity index (χ3n) is 4.59. The van der Waals surface area contributed by atoms with Crippen molar-refractivity contribution < 1.29 is 19.7 Å². The fourth-order valence-electron chi connectivity index (χ4n) is 2.89. The first-order chi connectivity index (χ1) is 11.8. The Balaban J connectivity index is 3.15. The van der Waals surface area contributed by atoms with Gasteiger partial charge in [-0.15, -0.1) is 0 Å². The minimum atomic E-state index is -1.03. The lowest BCUT2D eigenvalue weighted by Gasteiger charge is -2.19. The zero-order valence-corrected chi connectivity index (χ0v) is 16.2. The van der Waals surface area contributed by atoms with Crippen LogP contribution in [0.15, 0.2) is 0 Å². The zero-order chi connectivity index (χ0) is 17.9. The van der Waals surface area contributed by atoms with Crippen LogP contribution in [0.5, 0.6) is 0 Å². The monoisotopic (exact) mass is 346 g/mol. The summed E-state index contributed by atoms with van der Waals surface area (Å²) in [6.07, 6.45) is 16.9. The van der Waals surface area contributed by atoms with Crippen molar-refractivity contribution in [2.45, 2.75) is 109 Å². The van der Waals surface area contributed by atoms with Gasteiger partial charge in [0.05, 0.1) is 6.61 Å². The van der Waals surface area contributed by atoms with E-state index in [1.165, 1.54) is 84.2 Å². The number of hydrogen-bond acceptors (Lipinski definition) is 4. The van der Waals surface area contributed by atoms with E-state index in [0.29, 0.717) is 6.61 Å². The van der Waals surface area contributed by atoms with Crippen molar-refractivity contribution in [2.75, 3.05) is 20.3 Å². The highest BCUT2D eigenvalue weighted by molar-refractivity contribution is 4.58. The minimum absolute atomic E-state index is 0.226. The number of methoxy groups -OCH3 is 1. The summed E-state index contributed by atoms with van der Waals surface area (Å²) >= 11 is 0. The molecule has 0 aliphatic rings. The van der Waals surface area contributed by atoms with Gasteiger partial charge in [0.1, 0.15) is 6.10 Å². The van der Waals surface area contributed by atoms with Crippen LogP contribution in [0.4, 0.5) is 0 Å². The molecule has 0 bridgehead atoms. The fourth-order valence-corrected chi connectivity index (χ4v) is 2.89. The van der Waals surface area contributed by atoms with Crippen LogP contribution in [0.3, 0.4) is 0 Å². The number of aliphatic hydroxyl groups excluding tert-OH is 2. The maximum absolute atomic E-state index is 9.61. The van der Waals surface area contributed by atoms with Gasteiger partial charge in [0.15, 0.2) is 6.29 Å². The van der Waals surface area contributed by atoms with Crippen LogP contribution < -0.4 is 0 Å². The van der Waals surface area contributed by atoms with Gasteiger partial charge < -0.3 is 19.7 Å². The van der Waals surface area contributed by atoms with Crippen LogP contribution in [0.1, 0.15) is 96.8 Å². The van der Waals surface area contributed by atoms with E-state index in [9.17, 15) is 5.11 Å². The van der Waals surface area contributed by atoms with Crippen molar-refractivity contribution in [3.63, 3.8) is 0 Å². The van der Waals surface area contributed by atoms with Gasteiger partial charge in [-0.1, -0.05) is 90.4 Å². The lowest BCUT2D eigenvalue weighted by Crippen LogP contribution is -2.33. The average Bonchev–Trinajstić information content (AvgIpc) is 2.59. The summed E-state index contributed by atoms with van der Waals surface area (Å²) in [4.78, 5) is 0. The van der Waals surface area contributed by atoms with E-state index >= 15 is 0 Å². The first-order valence-corrected chi connectivity index (χ1v) is 10.2. The Hall–Kier alpha value is -0.160. The smallest absolute Gasteiger partial charge is 0.183 e. The van der Waals surface area contributed by atoms with Gasteiger partial charge in [0.25, 0.3) is 0 Å². The summed E-state index contributed by atoms with van der Waals surface area (Å²) in [5.41, 5.74) is 0. The van der Waals surface area contributed by atoms with E-state index in [2.05, 4.69) is 6.92 Å². The summed E-state index contributed by atoms with van der Waals surface area (Å²) in [6.45, 7) is 2.57. The van der Waals surface area contributed by atoms with Gasteiger partial charge in [-0.3, -0.25) is 0 Å². The number of rotatable bonds is 19. The van der Waals surface area contributed by atoms with Gasteiger partial charge in [-0.05, 0) is 6.42 Å². The largest absolute Gasteiger partial charge is 0.393 e. The van der Waals surface area contributed by atoms with Crippen LogP contribution in [-0.4, -0.2) is 42.9 Å². The normalized spacial score (nSPS) is 14.0. The molecular weight excluding hydrogens is 304 g/mol. The van der Waals surface area contributed by atoms with Crippen LogP contribution in [0, 0.1) is 0 Å². The maximum Gasteiger partial charge on any atom is 0.183 e. The predicted octanol–water partition coefficient (Wildman–Crippen LogP) is 4.81. The van der Waals surface area contributed by atoms with Crippen molar-refractivity contribution in [1.82, 2.24) is 0 Å². The Bertz CT molecular complexity index is 232. The minimum Gasteiger partial charge on any atom is -0.393 e. The zero-order valence-electron chi connectivity index (χ0n) is 16.2.